The Hall–Kier alpha value is -1.56. The first-order chi connectivity index (χ1) is 8.49. The van der Waals surface area contributed by atoms with E-state index in [2.05, 4.69) is 21.2 Å². The van der Waals surface area contributed by atoms with Crippen LogP contribution in [-0.2, 0) is 9.63 Å². The number of carbonyl (C=O) groups excluding carboxylic acids is 2. The Morgan fingerprint density at radius 3 is 2.44 bits per heavy atom. The molecule has 96 valence electrons. The topological polar surface area (TPSA) is 58.6 Å². The number of benzene rings is 1. The SMILES string of the molecule is CC(C)C1NC(=O)N(c2ccc(Br)cc2)OC1=O. The van der Waals surface area contributed by atoms with Crippen LogP contribution in [0.3, 0.4) is 0 Å². The number of nitrogens with one attached hydrogen (secondary N) is 1. The summed E-state index contributed by atoms with van der Waals surface area (Å²) < 4.78 is 0.884. The van der Waals surface area contributed by atoms with Gasteiger partial charge < -0.3 is 10.2 Å². The van der Waals surface area contributed by atoms with Gasteiger partial charge in [-0.15, -0.1) is 5.06 Å². The Morgan fingerprint density at radius 2 is 1.89 bits per heavy atom. The minimum Gasteiger partial charge on any atom is -0.329 e. The first kappa shape index (κ1) is 12.9. The number of carbonyl (C=O) groups is 2. The van der Waals surface area contributed by atoms with Gasteiger partial charge in [0, 0.05) is 4.47 Å². The number of amides is 2. The molecule has 1 aromatic rings. The van der Waals surface area contributed by atoms with E-state index in [4.69, 9.17) is 4.84 Å². The number of urea groups is 1. The molecule has 6 heteroatoms. The molecule has 1 aromatic carbocycles. The molecule has 1 fully saturated rings. The maximum Gasteiger partial charge on any atom is 0.356 e. The van der Waals surface area contributed by atoms with Gasteiger partial charge in [-0.25, -0.2) is 9.59 Å². The summed E-state index contributed by atoms with van der Waals surface area (Å²) in [4.78, 5) is 28.7. The maximum atomic E-state index is 11.9. The van der Waals surface area contributed by atoms with E-state index in [1.165, 1.54) is 0 Å². The van der Waals surface area contributed by atoms with Gasteiger partial charge in [-0.1, -0.05) is 29.8 Å². The normalized spacial score (nSPS) is 19.8. The Bertz CT molecular complexity index is 473. The summed E-state index contributed by atoms with van der Waals surface area (Å²) in [5.41, 5.74) is 0.506. The molecule has 0 radical (unpaired) electrons. The van der Waals surface area contributed by atoms with Crippen molar-refractivity contribution in [2.75, 3.05) is 5.06 Å². The molecule has 0 spiro atoms. The molecule has 0 aromatic heterocycles. The number of nitrogens with zero attached hydrogens (tertiary/aromatic N) is 1. The summed E-state index contributed by atoms with van der Waals surface area (Å²) >= 11 is 3.30. The maximum absolute atomic E-state index is 11.9. The Kier molecular flexibility index (Phi) is 3.56. The minimum absolute atomic E-state index is 0.00600. The number of anilines is 1. The number of hydrogen-bond donors (Lipinski definition) is 1. The fraction of sp³-hybridized carbons (Fsp3) is 0.333. The van der Waals surface area contributed by atoms with Crippen molar-refractivity contribution in [1.82, 2.24) is 5.32 Å². The highest BCUT2D eigenvalue weighted by atomic mass is 79.9. The molecule has 1 heterocycles. The van der Waals surface area contributed by atoms with E-state index in [1.807, 2.05) is 13.8 Å². The van der Waals surface area contributed by atoms with Crippen LogP contribution in [0.15, 0.2) is 28.7 Å². The van der Waals surface area contributed by atoms with Crippen molar-refractivity contribution < 1.29 is 14.4 Å². The molecule has 5 nitrogen and oxygen atoms in total. The van der Waals surface area contributed by atoms with Gasteiger partial charge in [-0.05, 0) is 30.2 Å². The van der Waals surface area contributed by atoms with Gasteiger partial charge in [0.25, 0.3) is 0 Å². The molecule has 0 bridgehead atoms. The second kappa shape index (κ2) is 4.97. The van der Waals surface area contributed by atoms with Crippen LogP contribution in [0, 0.1) is 5.92 Å². The summed E-state index contributed by atoms with van der Waals surface area (Å²) in [6, 6.07) is 5.88. The van der Waals surface area contributed by atoms with Crippen molar-refractivity contribution in [3.63, 3.8) is 0 Å². The van der Waals surface area contributed by atoms with E-state index in [9.17, 15) is 9.59 Å². The average molecular weight is 313 g/mol. The van der Waals surface area contributed by atoms with Crippen LogP contribution in [-0.4, -0.2) is 18.0 Å². The van der Waals surface area contributed by atoms with E-state index in [0.717, 1.165) is 9.54 Å². The highest BCUT2D eigenvalue weighted by molar-refractivity contribution is 9.10. The fourth-order valence-electron chi connectivity index (χ4n) is 1.62. The van der Waals surface area contributed by atoms with Crippen LogP contribution in [0.1, 0.15) is 13.8 Å². The third kappa shape index (κ3) is 2.48. The van der Waals surface area contributed by atoms with Crippen molar-refractivity contribution in [1.29, 1.82) is 0 Å². The van der Waals surface area contributed by atoms with Crippen molar-refractivity contribution in [3.8, 4) is 0 Å². The highest BCUT2D eigenvalue weighted by Gasteiger charge is 2.36. The summed E-state index contributed by atoms with van der Waals surface area (Å²) in [6.07, 6.45) is 0. The van der Waals surface area contributed by atoms with Gasteiger partial charge in [0.1, 0.15) is 6.04 Å². The molecule has 1 atom stereocenters. The first-order valence-electron chi connectivity index (χ1n) is 5.57. The third-order valence-electron chi connectivity index (χ3n) is 2.63. The van der Waals surface area contributed by atoms with E-state index in [0.29, 0.717) is 5.69 Å². The third-order valence-corrected chi connectivity index (χ3v) is 3.16. The standard InChI is InChI=1S/C12H13BrN2O3/c1-7(2)10-11(16)18-15(12(17)14-10)9-5-3-8(13)4-6-9/h3-7,10H,1-2H3,(H,14,17). The second-order valence-corrected chi connectivity index (χ2v) is 5.27. The zero-order chi connectivity index (χ0) is 13.3. The van der Waals surface area contributed by atoms with Gasteiger partial charge in [0.15, 0.2) is 0 Å². The predicted molar refractivity (Wildman–Crippen MR) is 69.9 cm³/mol. The Morgan fingerprint density at radius 1 is 1.28 bits per heavy atom. The largest absolute Gasteiger partial charge is 0.356 e. The molecule has 0 saturated carbocycles. The van der Waals surface area contributed by atoms with Gasteiger partial charge in [-0.3, -0.25) is 0 Å². The summed E-state index contributed by atoms with van der Waals surface area (Å²) in [6.45, 7) is 3.70. The molecule has 1 aliphatic heterocycles. The van der Waals surface area contributed by atoms with Gasteiger partial charge >= 0.3 is 12.0 Å². The van der Waals surface area contributed by atoms with Crippen LogP contribution in [0.5, 0.6) is 0 Å². The molecular formula is C12H13BrN2O3. The lowest BCUT2D eigenvalue weighted by molar-refractivity contribution is -0.149. The predicted octanol–water partition coefficient (Wildman–Crippen LogP) is 2.46. The Labute approximate surface area is 113 Å². The highest BCUT2D eigenvalue weighted by Crippen LogP contribution is 2.22. The van der Waals surface area contributed by atoms with Crippen LogP contribution in [0.2, 0.25) is 0 Å². The van der Waals surface area contributed by atoms with Gasteiger partial charge in [0.2, 0.25) is 0 Å². The molecular weight excluding hydrogens is 300 g/mol. The lowest BCUT2D eigenvalue weighted by atomic mass is 10.0. The number of hydroxylamine groups is 1. The summed E-state index contributed by atoms with van der Waals surface area (Å²) in [7, 11) is 0. The lowest BCUT2D eigenvalue weighted by Crippen LogP contribution is -2.58. The van der Waals surface area contributed by atoms with Gasteiger partial charge in [-0.2, -0.15) is 0 Å². The van der Waals surface area contributed by atoms with E-state index >= 15 is 0 Å². The molecule has 2 rings (SSSR count). The van der Waals surface area contributed by atoms with Crippen molar-refractivity contribution in [2.24, 2.45) is 5.92 Å². The van der Waals surface area contributed by atoms with Crippen molar-refractivity contribution in [2.45, 2.75) is 19.9 Å². The summed E-state index contributed by atoms with van der Waals surface area (Å²) in [5, 5.41) is 3.60. The number of rotatable bonds is 2. The van der Waals surface area contributed by atoms with Gasteiger partial charge in [0.05, 0.1) is 5.69 Å². The zero-order valence-electron chi connectivity index (χ0n) is 10.0. The minimum atomic E-state index is -0.593. The average Bonchev–Trinajstić information content (AvgIpc) is 2.32. The molecule has 1 saturated heterocycles. The van der Waals surface area contributed by atoms with Crippen LogP contribution in [0.25, 0.3) is 0 Å². The fourth-order valence-corrected chi connectivity index (χ4v) is 1.89. The number of halogens is 1. The Balaban J connectivity index is 2.19. The van der Waals surface area contributed by atoms with Crippen LogP contribution >= 0.6 is 15.9 Å². The van der Waals surface area contributed by atoms with Crippen molar-refractivity contribution >= 4 is 33.6 Å². The molecule has 0 aliphatic carbocycles. The molecule has 2 amide bonds. The number of hydrogen-bond acceptors (Lipinski definition) is 3. The zero-order valence-corrected chi connectivity index (χ0v) is 11.6. The van der Waals surface area contributed by atoms with Crippen LogP contribution < -0.4 is 10.4 Å². The lowest BCUT2D eigenvalue weighted by Gasteiger charge is -2.32. The van der Waals surface area contributed by atoms with Crippen molar-refractivity contribution in [3.05, 3.63) is 28.7 Å². The van der Waals surface area contributed by atoms with E-state index in [-0.39, 0.29) is 5.92 Å². The van der Waals surface area contributed by atoms with E-state index in [1.54, 1.807) is 24.3 Å². The first-order valence-corrected chi connectivity index (χ1v) is 6.36. The monoisotopic (exact) mass is 312 g/mol. The quantitative estimate of drug-likeness (QED) is 0.912. The molecule has 1 unspecified atom stereocenters. The van der Waals surface area contributed by atoms with E-state index < -0.39 is 18.0 Å². The molecule has 1 N–H and O–H groups in total. The molecule has 1 aliphatic rings. The van der Waals surface area contributed by atoms with Crippen LogP contribution in [0.4, 0.5) is 10.5 Å². The smallest absolute Gasteiger partial charge is 0.329 e. The second-order valence-electron chi connectivity index (χ2n) is 4.35. The summed E-state index contributed by atoms with van der Waals surface area (Å²) in [5.74, 6) is -0.457. The molecule has 18 heavy (non-hydrogen) atoms.